The number of hydrogen-bond donors (Lipinski definition) is 3. The van der Waals surface area contributed by atoms with Crippen molar-refractivity contribution in [3.8, 4) is 0 Å². The zero-order valence-electron chi connectivity index (χ0n) is 27.6. The molecule has 0 bridgehead atoms. The van der Waals surface area contributed by atoms with Crippen molar-refractivity contribution >= 4 is 52.8 Å². The molecule has 2 aliphatic rings. The van der Waals surface area contributed by atoms with Gasteiger partial charge in [-0.25, -0.2) is 0 Å². The van der Waals surface area contributed by atoms with Gasteiger partial charge >= 0.3 is 0 Å². The second-order valence-electron chi connectivity index (χ2n) is 12.5. The van der Waals surface area contributed by atoms with Crippen LogP contribution < -0.4 is 16.0 Å². The van der Waals surface area contributed by atoms with Crippen molar-refractivity contribution in [2.45, 2.75) is 51.2 Å². The maximum Gasteiger partial charge on any atom is 0.256 e. The van der Waals surface area contributed by atoms with Crippen molar-refractivity contribution in [2.75, 3.05) is 29.0 Å². The molecule has 2 aliphatic heterocycles. The van der Waals surface area contributed by atoms with Crippen LogP contribution in [0.3, 0.4) is 0 Å². The summed E-state index contributed by atoms with van der Waals surface area (Å²) in [6.07, 6.45) is 6.83. The van der Waals surface area contributed by atoms with Gasteiger partial charge in [0, 0.05) is 43.6 Å². The van der Waals surface area contributed by atoms with Gasteiger partial charge in [-0.3, -0.25) is 19.2 Å². The molecule has 2 atom stereocenters. The van der Waals surface area contributed by atoms with Gasteiger partial charge in [-0.15, -0.1) is 0 Å². The van der Waals surface area contributed by atoms with Gasteiger partial charge in [0.1, 0.15) is 12.1 Å². The van der Waals surface area contributed by atoms with Gasteiger partial charge in [0.25, 0.3) is 5.91 Å². The van der Waals surface area contributed by atoms with Crippen molar-refractivity contribution in [1.82, 2.24) is 9.80 Å². The third-order valence-electron chi connectivity index (χ3n) is 9.08. The number of amides is 4. The zero-order valence-corrected chi connectivity index (χ0v) is 27.6. The number of likely N-dealkylation sites (tertiary alicyclic amines) is 2. The third kappa shape index (κ3) is 8.24. The third-order valence-corrected chi connectivity index (χ3v) is 9.08. The van der Waals surface area contributed by atoms with Crippen LogP contribution in [0.2, 0.25) is 0 Å². The smallest absolute Gasteiger partial charge is 0.256 e. The van der Waals surface area contributed by atoms with Crippen molar-refractivity contribution in [1.29, 1.82) is 0 Å². The number of benzene rings is 4. The SMILES string of the molecule is CC(=O)N1CCC[C@H]1C(=O)Nc1ccc(C=Cc2ccc(NC(=O)[C@@H]3CCCN3C(=O)c3ccccc3NCc3ccccc3)cc2)cc1. The average molecular weight is 656 g/mol. The van der Waals surface area contributed by atoms with Crippen LogP contribution in [0.5, 0.6) is 0 Å². The summed E-state index contributed by atoms with van der Waals surface area (Å²) in [5.41, 5.74) is 5.68. The van der Waals surface area contributed by atoms with E-state index in [1.54, 1.807) is 9.80 Å². The van der Waals surface area contributed by atoms with E-state index in [4.69, 9.17) is 0 Å². The second-order valence-corrected chi connectivity index (χ2v) is 12.5. The van der Waals surface area contributed by atoms with Crippen LogP contribution in [0.15, 0.2) is 103 Å². The first-order valence-electron chi connectivity index (χ1n) is 16.8. The number of nitrogens with one attached hydrogen (secondary N) is 3. The molecule has 0 unspecified atom stereocenters. The lowest BCUT2D eigenvalue weighted by Gasteiger charge is -2.25. The first-order chi connectivity index (χ1) is 23.9. The second kappa shape index (κ2) is 15.5. The predicted octanol–water partition coefficient (Wildman–Crippen LogP) is 6.66. The van der Waals surface area contributed by atoms with E-state index in [0.29, 0.717) is 49.4 Å². The van der Waals surface area contributed by atoms with Crippen molar-refractivity contribution in [3.63, 3.8) is 0 Å². The highest BCUT2D eigenvalue weighted by Crippen LogP contribution is 2.26. The van der Waals surface area contributed by atoms with Crippen LogP contribution in [0, 0.1) is 0 Å². The highest BCUT2D eigenvalue weighted by molar-refractivity contribution is 6.04. The molecule has 2 saturated heterocycles. The van der Waals surface area contributed by atoms with E-state index in [2.05, 4.69) is 16.0 Å². The molecule has 3 N–H and O–H groups in total. The number of para-hydroxylation sites is 1. The van der Waals surface area contributed by atoms with Crippen LogP contribution in [0.4, 0.5) is 17.1 Å². The van der Waals surface area contributed by atoms with Crippen LogP contribution in [0.25, 0.3) is 12.2 Å². The van der Waals surface area contributed by atoms with Crippen LogP contribution in [-0.2, 0) is 20.9 Å². The number of rotatable bonds is 10. The van der Waals surface area contributed by atoms with E-state index >= 15 is 0 Å². The highest BCUT2D eigenvalue weighted by Gasteiger charge is 2.35. The Balaban J connectivity index is 1.02. The molecule has 0 radical (unpaired) electrons. The summed E-state index contributed by atoms with van der Waals surface area (Å²) in [6, 6.07) is 31.6. The summed E-state index contributed by atoms with van der Waals surface area (Å²) in [6.45, 7) is 3.24. The van der Waals surface area contributed by atoms with Gasteiger partial charge in [-0.2, -0.15) is 0 Å². The molecule has 2 fully saturated rings. The fourth-order valence-corrected chi connectivity index (χ4v) is 6.47. The Morgan fingerprint density at radius 3 is 1.73 bits per heavy atom. The molecule has 9 heteroatoms. The maximum atomic E-state index is 13.7. The summed E-state index contributed by atoms with van der Waals surface area (Å²) in [5, 5.41) is 9.32. The first-order valence-corrected chi connectivity index (χ1v) is 16.8. The van der Waals surface area contributed by atoms with Gasteiger partial charge in [0.15, 0.2) is 0 Å². The summed E-state index contributed by atoms with van der Waals surface area (Å²) in [7, 11) is 0. The zero-order chi connectivity index (χ0) is 34.2. The lowest BCUT2D eigenvalue weighted by molar-refractivity contribution is -0.134. The Labute approximate surface area is 287 Å². The van der Waals surface area contributed by atoms with Crippen molar-refractivity contribution in [3.05, 3.63) is 125 Å². The van der Waals surface area contributed by atoms with Crippen molar-refractivity contribution < 1.29 is 19.2 Å². The quantitative estimate of drug-likeness (QED) is 0.166. The van der Waals surface area contributed by atoms with Gasteiger partial charge in [-0.05, 0) is 78.8 Å². The van der Waals surface area contributed by atoms with E-state index in [1.807, 2.05) is 115 Å². The van der Waals surface area contributed by atoms with Crippen LogP contribution in [0.1, 0.15) is 59.7 Å². The summed E-state index contributed by atoms with van der Waals surface area (Å²) in [5.74, 6) is -0.588. The number of anilines is 3. The van der Waals surface area contributed by atoms with E-state index in [-0.39, 0.29) is 23.6 Å². The fourth-order valence-electron chi connectivity index (χ4n) is 6.47. The van der Waals surface area contributed by atoms with Gasteiger partial charge in [0.05, 0.1) is 5.56 Å². The molecule has 49 heavy (non-hydrogen) atoms. The molecule has 4 amide bonds. The Hall–Kier alpha value is -5.70. The molecule has 2 heterocycles. The van der Waals surface area contributed by atoms with E-state index in [1.165, 1.54) is 6.92 Å². The molecule has 4 aromatic carbocycles. The number of hydrogen-bond acceptors (Lipinski definition) is 5. The predicted molar refractivity (Wildman–Crippen MR) is 194 cm³/mol. The molecule has 250 valence electrons. The lowest BCUT2D eigenvalue weighted by Crippen LogP contribution is -2.43. The topological polar surface area (TPSA) is 111 Å². The number of carbonyl (C=O) groups excluding carboxylic acids is 4. The van der Waals surface area contributed by atoms with Gasteiger partial charge < -0.3 is 25.8 Å². The Morgan fingerprint density at radius 2 is 1.16 bits per heavy atom. The number of carbonyl (C=O) groups is 4. The molecule has 0 aliphatic carbocycles. The molecule has 0 aromatic heterocycles. The Morgan fingerprint density at radius 1 is 0.653 bits per heavy atom. The van der Waals surface area contributed by atoms with Gasteiger partial charge in [-0.1, -0.05) is 78.9 Å². The molecule has 4 aromatic rings. The minimum atomic E-state index is -0.548. The lowest BCUT2D eigenvalue weighted by atomic mass is 10.1. The van der Waals surface area contributed by atoms with E-state index in [9.17, 15) is 19.2 Å². The summed E-state index contributed by atoms with van der Waals surface area (Å²) >= 11 is 0. The molecular weight excluding hydrogens is 614 g/mol. The maximum absolute atomic E-state index is 13.7. The van der Waals surface area contributed by atoms with Crippen LogP contribution >= 0.6 is 0 Å². The Bertz CT molecular complexity index is 1820. The Kier molecular flexibility index (Phi) is 10.5. The monoisotopic (exact) mass is 655 g/mol. The standard InChI is InChI=1S/C40H41N5O4/c1-28(46)44-25-7-13-36(44)38(47)42-32-21-17-29(18-22-32)15-16-30-19-23-33(24-20-30)43-39(48)37-14-8-26-45(37)40(49)34-11-5-6-12-35(34)41-27-31-9-3-2-4-10-31/h2-6,9-12,15-24,36-37,41H,7-8,13-14,25-27H2,1H3,(H,42,47)(H,43,48)/t36-,37-/m0/s1. The number of nitrogens with zero attached hydrogens (tertiary/aromatic N) is 2. The molecule has 0 spiro atoms. The molecule has 9 nitrogen and oxygen atoms in total. The van der Waals surface area contributed by atoms with E-state index in [0.717, 1.165) is 35.2 Å². The van der Waals surface area contributed by atoms with Crippen LogP contribution in [-0.4, -0.2) is 58.6 Å². The van der Waals surface area contributed by atoms with E-state index < -0.39 is 12.1 Å². The normalized spacial score (nSPS) is 17.2. The minimum absolute atomic E-state index is 0.0776. The first kappa shape index (κ1) is 33.2. The fraction of sp³-hybridized carbons (Fsp3) is 0.250. The molecular formula is C40H41N5O4. The van der Waals surface area contributed by atoms with Crippen molar-refractivity contribution in [2.24, 2.45) is 0 Å². The summed E-state index contributed by atoms with van der Waals surface area (Å²) in [4.78, 5) is 54.9. The minimum Gasteiger partial charge on any atom is -0.380 e. The summed E-state index contributed by atoms with van der Waals surface area (Å²) < 4.78 is 0. The molecule has 0 saturated carbocycles. The molecule has 6 rings (SSSR count). The highest BCUT2D eigenvalue weighted by atomic mass is 16.2. The average Bonchev–Trinajstić information content (AvgIpc) is 3.83. The van der Waals surface area contributed by atoms with Gasteiger partial charge in [0.2, 0.25) is 17.7 Å². The largest absolute Gasteiger partial charge is 0.380 e.